The van der Waals surface area contributed by atoms with E-state index in [9.17, 15) is 4.79 Å². The molecule has 1 amide bonds. The number of ether oxygens (including phenoxy) is 1. The van der Waals surface area contributed by atoms with E-state index in [1.165, 1.54) is 0 Å². The van der Waals surface area contributed by atoms with Gasteiger partial charge in [0.15, 0.2) is 0 Å². The highest BCUT2D eigenvalue weighted by Gasteiger charge is 2.03. The average molecular weight is 277 g/mol. The Bertz CT molecular complexity index is 365. The molecule has 4 nitrogen and oxygen atoms in total. The Kier molecular flexibility index (Phi) is 6.29. The summed E-state index contributed by atoms with van der Waals surface area (Å²) in [5.41, 5.74) is 0.584. The fraction of sp³-hybridized carbons (Fsp3) is 0.364. The van der Waals surface area contributed by atoms with Gasteiger partial charge in [0.05, 0.1) is 13.2 Å². The first-order valence-corrected chi connectivity index (χ1v) is 5.83. The Morgan fingerprint density at radius 1 is 1.29 bits per heavy atom. The molecule has 0 radical (unpaired) electrons. The maximum atomic E-state index is 11.5. The number of carbonyl (C=O) groups excluding carboxylic acids is 1. The van der Waals surface area contributed by atoms with E-state index in [1.54, 1.807) is 25.3 Å². The molecule has 17 heavy (non-hydrogen) atoms. The number of rotatable bonds is 6. The molecule has 0 bridgehead atoms. The van der Waals surface area contributed by atoms with E-state index < -0.39 is 0 Å². The molecule has 0 saturated heterocycles. The molecule has 0 saturated carbocycles. The van der Waals surface area contributed by atoms with Crippen molar-refractivity contribution in [1.82, 2.24) is 5.32 Å². The van der Waals surface area contributed by atoms with Gasteiger partial charge in [-0.3, -0.25) is 4.79 Å². The van der Waals surface area contributed by atoms with Crippen molar-refractivity contribution in [1.29, 1.82) is 0 Å². The third-order valence-corrected chi connectivity index (χ3v) is 2.35. The van der Waals surface area contributed by atoms with Crippen molar-refractivity contribution in [2.75, 3.05) is 32.1 Å². The molecule has 0 aromatic heterocycles. The maximum absolute atomic E-state index is 11.5. The molecule has 0 heterocycles. The number of amides is 1. The third kappa shape index (κ3) is 5.89. The summed E-state index contributed by atoms with van der Waals surface area (Å²) in [5.74, 6) is -0.153. The number of benzene rings is 1. The molecule has 0 fully saturated rings. The summed E-state index contributed by atoms with van der Waals surface area (Å²) >= 11 is 11.6. The lowest BCUT2D eigenvalue weighted by molar-refractivity contribution is -0.115. The summed E-state index contributed by atoms with van der Waals surface area (Å²) in [4.78, 5) is 11.5. The number of hydrogen-bond acceptors (Lipinski definition) is 3. The summed E-state index contributed by atoms with van der Waals surface area (Å²) in [6, 6.07) is 4.89. The summed E-state index contributed by atoms with van der Waals surface area (Å²) in [6.45, 7) is 1.41. The highest BCUT2D eigenvalue weighted by Crippen LogP contribution is 2.22. The number of hydrogen-bond donors (Lipinski definition) is 2. The van der Waals surface area contributed by atoms with E-state index in [2.05, 4.69) is 10.6 Å². The lowest BCUT2D eigenvalue weighted by atomic mass is 10.3. The molecule has 0 unspecified atom stereocenters. The third-order valence-electron chi connectivity index (χ3n) is 1.91. The largest absolute Gasteiger partial charge is 0.383 e. The van der Waals surface area contributed by atoms with Crippen LogP contribution in [0.15, 0.2) is 18.2 Å². The second-order valence-corrected chi connectivity index (χ2v) is 4.25. The van der Waals surface area contributed by atoms with Crippen LogP contribution in [0.4, 0.5) is 5.69 Å². The first-order valence-electron chi connectivity index (χ1n) is 5.07. The van der Waals surface area contributed by atoms with Crippen molar-refractivity contribution >= 4 is 34.8 Å². The van der Waals surface area contributed by atoms with E-state index in [1.807, 2.05) is 0 Å². The quantitative estimate of drug-likeness (QED) is 0.783. The van der Waals surface area contributed by atoms with Crippen LogP contribution in [-0.4, -0.2) is 32.7 Å². The fourth-order valence-electron chi connectivity index (χ4n) is 1.21. The van der Waals surface area contributed by atoms with Gasteiger partial charge in [0.25, 0.3) is 0 Å². The smallest absolute Gasteiger partial charge is 0.238 e. The number of carbonyl (C=O) groups is 1. The molecule has 0 aliphatic rings. The van der Waals surface area contributed by atoms with Gasteiger partial charge in [-0.2, -0.15) is 0 Å². The topological polar surface area (TPSA) is 50.4 Å². The first kappa shape index (κ1) is 14.3. The number of halogens is 2. The van der Waals surface area contributed by atoms with Gasteiger partial charge in [-0.05, 0) is 18.2 Å². The van der Waals surface area contributed by atoms with Crippen molar-refractivity contribution < 1.29 is 9.53 Å². The van der Waals surface area contributed by atoms with E-state index in [0.29, 0.717) is 28.9 Å². The molecule has 1 aromatic rings. The lowest BCUT2D eigenvalue weighted by Gasteiger charge is -2.07. The second-order valence-electron chi connectivity index (χ2n) is 3.38. The second kappa shape index (κ2) is 7.50. The molecule has 0 atom stereocenters. The van der Waals surface area contributed by atoms with Crippen LogP contribution in [0, 0.1) is 0 Å². The predicted octanol–water partition coefficient (Wildman–Crippen LogP) is 2.17. The van der Waals surface area contributed by atoms with Crippen molar-refractivity contribution in [3.8, 4) is 0 Å². The van der Waals surface area contributed by atoms with Gasteiger partial charge in [-0.25, -0.2) is 0 Å². The fourth-order valence-corrected chi connectivity index (χ4v) is 1.73. The highest BCUT2D eigenvalue weighted by molar-refractivity contribution is 6.35. The molecule has 1 rings (SSSR count). The van der Waals surface area contributed by atoms with Gasteiger partial charge in [-0.1, -0.05) is 23.2 Å². The SMILES string of the molecule is COCCNCC(=O)Nc1cc(Cl)cc(Cl)c1. The highest BCUT2D eigenvalue weighted by atomic mass is 35.5. The Morgan fingerprint density at radius 2 is 1.94 bits per heavy atom. The Hall–Kier alpha value is -0.810. The molecule has 94 valence electrons. The molecule has 2 N–H and O–H groups in total. The van der Waals surface area contributed by atoms with Crippen molar-refractivity contribution in [3.63, 3.8) is 0 Å². The van der Waals surface area contributed by atoms with Crippen LogP contribution in [0.25, 0.3) is 0 Å². The van der Waals surface area contributed by atoms with Gasteiger partial charge in [0, 0.05) is 29.4 Å². The minimum Gasteiger partial charge on any atom is -0.383 e. The molecule has 0 aliphatic heterocycles. The zero-order valence-corrected chi connectivity index (χ0v) is 10.9. The monoisotopic (exact) mass is 276 g/mol. The standard InChI is InChI=1S/C11H14Cl2N2O2/c1-17-3-2-14-7-11(16)15-10-5-8(12)4-9(13)6-10/h4-6,14H,2-3,7H2,1H3,(H,15,16). The predicted molar refractivity (Wildman–Crippen MR) is 69.8 cm³/mol. The lowest BCUT2D eigenvalue weighted by Crippen LogP contribution is -2.30. The summed E-state index contributed by atoms with van der Waals surface area (Å²) in [6.07, 6.45) is 0. The van der Waals surface area contributed by atoms with Crippen LogP contribution in [0.2, 0.25) is 10.0 Å². The normalized spacial score (nSPS) is 10.3. The zero-order chi connectivity index (χ0) is 12.7. The van der Waals surface area contributed by atoms with Gasteiger partial charge in [0.1, 0.15) is 0 Å². The average Bonchev–Trinajstić information content (AvgIpc) is 2.23. The molecule has 0 spiro atoms. The van der Waals surface area contributed by atoms with Gasteiger partial charge in [0.2, 0.25) is 5.91 Å². The minimum absolute atomic E-state index is 0.153. The Morgan fingerprint density at radius 3 is 2.53 bits per heavy atom. The Balaban J connectivity index is 2.39. The van der Waals surface area contributed by atoms with Crippen LogP contribution < -0.4 is 10.6 Å². The van der Waals surface area contributed by atoms with Crippen molar-refractivity contribution in [3.05, 3.63) is 28.2 Å². The number of methoxy groups -OCH3 is 1. The van der Waals surface area contributed by atoms with Gasteiger partial charge in [-0.15, -0.1) is 0 Å². The van der Waals surface area contributed by atoms with Crippen LogP contribution in [0.1, 0.15) is 0 Å². The van der Waals surface area contributed by atoms with Crippen LogP contribution in [0.5, 0.6) is 0 Å². The van der Waals surface area contributed by atoms with E-state index >= 15 is 0 Å². The molecule has 6 heteroatoms. The van der Waals surface area contributed by atoms with Gasteiger partial charge >= 0.3 is 0 Å². The van der Waals surface area contributed by atoms with Crippen molar-refractivity contribution in [2.24, 2.45) is 0 Å². The minimum atomic E-state index is -0.153. The summed E-state index contributed by atoms with van der Waals surface area (Å²) in [7, 11) is 1.61. The van der Waals surface area contributed by atoms with E-state index in [-0.39, 0.29) is 12.5 Å². The van der Waals surface area contributed by atoms with Crippen LogP contribution in [-0.2, 0) is 9.53 Å². The van der Waals surface area contributed by atoms with E-state index in [0.717, 1.165) is 0 Å². The van der Waals surface area contributed by atoms with Crippen LogP contribution >= 0.6 is 23.2 Å². The molecule has 1 aromatic carbocycles. The van der Waals surface area contributed by atoms with Crippen LogP contribution in [0.3, 0.4) is 0 Å². The van der Waals surface area contributed by atoms with Gasteiger partial charge < -0.3 is 15.4 Å². The Labute approximate surface area is 110 Å². The van der Waals surface area contributed by atoms with Crippen molar-refractivity contribution in [2.45, 2.75) is 0 Å². The van der Waals surface area contributed by atoms with E-state index in [4.69, 9.17) is 27.9 Å². The number of nitrogens with one attached hydrogen (secondary N) is 2. The molecular formula is C11H14Cl2N2O2. The first-order chi connectivity index (χ1) is 8.11. The summed E-state index contributed by atoms with van der Waals surface area (Å²) in [5, 5.41) is 6.59. The number of anilines is 1. The zero-order valence-electron chi connectivity index (χ0n) is 9.43. The molecular weight excluding hydrogens is 263 g/mol. The maximum Gasteiger partial charge on any atom is 0.238 e. The molecule has 0 aliphatic carbocycles. The summed E-state index contributed by atoms with van der Waals surface area (Å²) < 4.78 is 4.84.